The van der Waals surface area contributed by atoms with Crippen LogP contribution < -0.4 is 47.9 Å². The quantitative estimate of drug-likeness (QED) is 0.0336. The number of rotatable bonds is 41. The number of carbonyl (C=O) groups is 10. The molecule has 26 heteroatoms. The number of aliphatic carboxylic acids is 3. The van der Waals surface area contributed by atoms with Crippen molar-refractivity contribution < 1.29 is 77.5 Å². The van der Waals surface area contributed by atoms with E-state index in [2.05, 4.69) is 47.9 Å². The topological polar surface area (TPSA) is 367 Å². The Morgan fingerprint density at radius 1 is 0.590 bits per heavy atom. The predicted octanol–water partition coefficient (Wildman–Crippen LogP) is 2.72. The molecule has 2 aromatic carbocycles. The van der Waals surface area contributed by atoms with E-state index in [0.717, 1.165) is 41.4 Å². The molecule has 0 spiro atoms. The number of carbonyl (C=O) groups excluding carboxylic acids is 7. The van der Waals surface area contributed by atoms with Gasteiger partial charge in [-0.25, -0.2) is 19.2 Å². The van der Waals surface area contributed by atoms with Gasteiger partial charge in [0.15, 0.2) is 0 Å². The highest BCUT2D eigenvalue weighted by atomic mass is 32.2. The summed E-state index contributed by atoms with van der Waals surface area (Å²) in [6.45, 7) is 4.12. The predicted molar refractivity (Wildman–Crippen MR) is 307 cm³/mol. The molecule has 9 amide bonds. The molecule has 3 fully saturated rings. The summed E-state index contributed by atoms with van der Waals surface area (Å²) in [5, 5.41) is 55.0. The Kier molecular flexibility index (Phi) is 30.2. The first-order valence-corrected chi connectivity index (χ1v) is 30.1. The highest BCUT2D eigenvalue weighted by Gasteiger charge is 2.42. The number of urea groups is 2. The molecule has 5 rings (SSSR count). The molecule has 6 atom stereocenters. The van der Waals surface area contributed by atoms with Crippen molar-refractivity contribution in [3.05, 3.63) is 48.0 Å². The summed E-state index contributed by atoms with van der Waals surface area (Å²) in [6, 6.07) is 8.98. The summed E-state index contributed by atoms with van der Waals surface area (Å²) in [6.07, 6.45) is 6.89. The highest BCUT2D eigenvalue weighted by Crippen LogP contribution is 2.33. The lowest BCUT2D eigenvalue weighted by Crippen LogP contribution is -2.51. The Hall–Kier alpha value is -6.77. The fourth-order valence-corrected chi connectivity index (χ4v) is 11.6. The van der Waals surface area contributed by atoms with Gasteiger partial charge >= 0.3 is 30.0 Å². The van der Waals surface area contributed by atoms with E-state index in [0.29, 0.717) is 116 Å². The number of fused-ring (bicyclic) bond motifs is 2. The molecule has 0 radical (unpaired) electrons. The Balaban J connectivity index is 0.864. The van der Waals surface area contributed by atoms with E-state index in [1.807, 2.05) is 54.2 Å². The van der Waals surface area contributed by atoms with Crippen molar-refractivity contribution in [1.82, 2.24) is 47.9 Å². The number of nitrogens with one attached hydrogen (secondary N) is 9. The van der Waals surface area contributed by atoms with Gasteiger partial charge in [-0.05, 0) is 99.3 Å². The van der Waals surface area contributed by atoms with Crippen molar-refractivity contribution in [3.8, 4) is 0 Å². The Labute approximate surface area is 488 Å². The Morgan fingerprint density at radius 2 is 1.19 bits per heavy atom. The second-order valence-electron chi connectivity index (χ2n) is 21.2. The van der Waals surface area contributed by atoms with E-state index in [1.165, 1.54) is 0 Å². The molecule has 12 N–H and O–H groups in total. The van der Waals surface area contributed by atoms with Crippen molar-refractivity contribution in [1.29, 1.82) is 0 Å². The molecule has 83 heavy (non-hydrogen) atoms. The summed E-state index contributed by atoms with van der Waals surface area (Å²) in [5.41, 5.74) is 0.829. The Bertz CT molecular complexity index is 2450. The second kappa shape index (κ2) is 37.4. The molecule has 1 saturated carbocycles. The number of ether oxygens (including phenoxy) is 3. The summed E-state index contributed by atoms with van der Waals surface area (Å²) in [5.74, 6) is -4.49. The van der Waals surface area contributed by atoms with Crippen molar-refractivity contribution in [2.24, 2.45) is 11.8 Å². The van der Waals surface area contributed by atoms with Gasteiger partial charge in [-0.15, -0.1) is 0 Å². The molecule has 1 aliphatic carbocycles. The largest absolute Gasteiger partial charge is 0.481 e. The molecule has 460 valence electrons. The lowest BCUT2D eigenvalue weighted by molar-refractivity contribution is -0.141. The molecule has 2 heterocycles. The van der Waals surface area contributed by atoms with Gasteiger partial charge in [0.2, 0.25) is 29.5 Å². The van der Waals surface area contributed by atoms with Gasteiger partial charge in [0.25, 0.3) is 0 Å². The summed E-state index contributed by atoms with van der Waals surface area (Å²) >= 11 is 1.88. The maximum absolute atomic E-state index is 13.7. The third-order valence-electron chi connectivity index (χ3n) is 14.7. The van der Waals surface area contributed by atoms with Gasteiger partial charge in [-0.3, -0.25) is 28.8 Å². The molecule has 2 aromatic rings. The van der Waals surface area contributed by atoms with Crippen LogP contribution in [0.4, 0.5) is 9.59 Å². The number of amides is 9. The maximum Gasteiger partial charge on any atom is 0.326 e. The fourth-order valence-electron chi connectivity index (χ4n) is 10.0. The van der Waals surface area contributed by atoms with E-state index >= 15 is 0 Å². The molecule has 0 aromatic heterocycles. The average Bonchev–Trinajstić information content (AvgIpc) is 4.30. The number of thioether (sulfide) groups is 1. The van der Waals surface area contributed by atoms with E-state index in [4.69, 9.17) is 19.3 Å². The van der Waals surface area contributed by atoms with Crippen LogP contribution in [0.2, 0.25) is 0 Å². The number of hydrogen-bond donors (Lipinski definition) is 12. The first-order valence-electron chi connectivity index (χ1n) is 29.1. The number of benzene rings is 2. The van der Waals surface area contributed by atoms with Gasteiger partial charge in [0.05, 0.1) is 38.5 Å². The molecule has 2 saturated heterocycles. The Morgan fingerprint density at radius 3 is 1.84 bits per heavy atom. The van der Waals surface area contributed by atoms with Gasteiger partial charge in [0.1, 0.15) is 18.1 Å². The minimum absolute atomic E-state index is 0.0383. The fraction of sp³-hybridized carbons (Fsp3) is 0.649. The standard InChI is InChI=1S/C57H85N9O16S/c67-47(13-4-3-12-46-51-45(36-83-46)65-57(79)66-51)58-25-7-27-80-29-31-82-32-30-81-28-8-26-59-48(68)21-22-49(69)61-35-37-14-18-40(19-15-37)52(72)62-44(34-38-16-17-39-9-1-2-10-41(39)33-38)53(73)60-24-6-5-11-42(54(74)75)63-56(78)64-43(55(76)77)20-23-50(70)71/h1-2,9-10,16-17,33,37,40,42-46,51H,3-8,11-15,18-32,34-36H2,(H,58,67)(H,59,68)(H,60,73)(H,61,69)(H,62,72)(H,70,71)(H,74,75)(H,76,77)(H2,63,64,78)(H2,65,66,79)/t37-,40-,42-,43-,44-,45-,46-,51-/m0/s1. The normalized spacial score (nSPS) is 19.2. The van der Waals surface area contributed by atoms with E-state index in [-0.39, 0.29) is 92.2 Å². The second-order valence-corrected chi connectivity index (χ2v) is 22.5. The van der Waals surface area contributed by atoms with Crippen LogP contribution in [-0.4, -0.2) is 182 Å². The van der Waals surface area contributed by atoms with Gasteiger partial charge in [0, 0.05) is 88.4 Å². The van der Waals surface area contributed by atoms with Gasteiger partial charge < -0.3 is 77.4 Å². The molecule has 2 aliphatic heterocycles. The van der Waals surface area contributed by atoms with Crippen molar-refractivity contribution in [2.75, 3.05) is 71.6 Å². The van der Waals surface area contributed by atoms with Crippen molar-refractivity contribution in [3.63, 3.8) is 0 Å². The molecular formula is C57H85N9O16S. The van der Waals surface area contributed by atoms with Gasteiger partial charge in [-0.2, -0.15) is 11.8 Å². The number of hydrogen-bond acceptors (Lipinski definition) is 14. The van der Waals surface area contributed by atoms with E-state index in [9.17, 15) is 58.2 Å². The van der Waals surface area contributed by atoms with Crippen LogP contribution in [0.25, 0.3) is 10.8 Å². The number of unbranched alkanes of at least 4 members (excludes halogenated alkanes) is 2. The van der Waals surface area contributed by atoms with Crippen LogP contribution in [0.5, 0.6) is 0 Å². The first kappa shape index (κ1) is 67.0. The summed E-state index contributed by atoms with van der Waals surface area (Å²) < 4.78 is 16.7. The third-order valence-corrected chi connectivity index (χ3v) is 16.3. The molecule has 25 nitrogen and oxygen atoms in total. The third kappa shape index (κ3) is 26.1. The van der Waals surface area contributed by atoms with Crippen LogP contribution >= 0.6 is 11.8 Å². The number of carboxylic acids is 3. The minimum atomic E-state index is -1.54. The zero-order chi connectivity index (χ0) is 59.8. The first-order chi connectivity index (χ1) is 40.0. The van der Waals surface area contributed by atoms with Crippen LogP contribution in [0, 0.1) is 11.8 Å². The zero-order valence-corrected chi connectivity index (χ0v) is 48.0. The maximum atomic E-state index is 13.7. The van der Waals surface area contributed by atoms with Crippen molar-refractivity contribution in [2.45, 2.75) is 151 Å². The summed E-state index contributed by atoms with van der Waals surface area (Å²) in [7, 11) is 0. The SMILES string of the molecule is O=C(O)CC[C@H](NC(=O)N[C@@H](CCCCNC(=O)[C@H](Cc1ccc2ccccc2c1)NC(=O)[C@H]1CC[C@H](CNC(=O)CCC(=O)NCCCOCCOCCOCCCNC(=O)CCCC[C@@H]2SC[C@@H]3NC(=O)N[C@@H]32)CC1)C(=O)O)C(=O)O. The van der Waals surface area contributed by atoms with Crippen LogP contribution in [0.3, 0.4) is 0 Å². The monoisotopic (exact) mass is 1180 g/mol. The summed E-state index contributed by atoms with van der Waals surface area (Å²) in [4.78, 5) is 123. The lowest BCUT2D eigenvalue weighted by Gasteiger charge is -2.29. The van der Waals surface area contributed by atoms with E-state index < -0.39 is 60.8 Å². The van der Waals surface area contributed by atoms with Crippen LogP contribution in [0.1, 0.15) is 115 Å². The molecule has 0 unspecified atom stereocenters. The average molecular weight is 1180 g/mol. The molecule has 3 aliphatic rings. The molecule has 0 bridgehead atoms. The number of carboxylic acid groups (broad SMARTS) is 3. The highest BCUT2D eigenvalue weighted by molar-refractivity contribution is 8.00. The smallest absolute Gasteiger partial charge is 0.326 e. The van der Waals surface area contributed by atoms with E-state index in [1.54, 1.807) is 0 Å². The van der Waals surface area contributed by atoms with Gasteiger partial charge in [-0.1, -0.05) is 48.9 Å². The van der Waals surface area contributed by atoms with Crippen LogP contribution in [0.15, 0.2) is 42.5 Å². The lowest BCUT2D eigenvalue weighted by atomic mass is 9.81. The van der Waals surface area contributed by atoms with Crippen LogP contribution in [-0.2, 0) is 59.0 Å². The van der Waals surface area contributed by atoms with Crippen molar-refractivity contribution >= 4 is 82.0 Å². The zero-order valence-electron chi connectivity index (χ0n) is 47.2. The minimum Gasteiger partial charge on any atom is -0.481 e. The molecular weight excluding hydrogens is 1100 g/mol.